The smallest absolute Gasteiger partial charge is 0.122 e. The monoisotopic (exact) mass is 321 g/mol. The Hall–Kier alpha value is -1.52. The Morgan fingerprint density at radius 1 is 1.24 bits per heavy atom. The number of para-hydroxylation sites is 1. The first-order chi connectivity index (χ1) is 10.2. The molecule has 0 aliphatic carbocycles. The Morgan fingerprint density at radius 2 is 2.05 bits per heavy atom. The second-order valence-electron chi connectivity index (χ2n) is 5.04. The standard InChI is InChI=1S/C16H16ClNO2S/c17-13-5-3-6-14(18)16(13)21(19)10-11-8-9-20-15-7-2-1-4-12(11)15/h1-7,11H,8-10,18H2. The molecule has 110 valence electrons. The second kappa shape index (κ2) is 6.08. The van der Waals surface area contributed by atoms with Gasteiger partial charge in [0, 0.05) is 17.4 Å². The zero-order valence-corrected chi connectivity index (χ0v) is 13.0. The molecule has 0 spiro atoms. The highest BCUT2D eigenvalue weighted by Gasteiger charge is 2.24. The van der Waals surface area contributed by atoms with Gasteiger partial charge >= 0.3 is 0 Å². The van der Waals surface area contributed by atoms with E-state index < -0.39 is 10.8 Å². The Kier molecular flexibility index (Phi) is 4.17. The maximum atomic E-state index is 12.7. The summed E-state index contributed by atoms with van der Waals surface area (Å²) in [6.07, 6.45) is 0.854. The zero-order chi connectivity index (χ0) is 14.8. The first-order valence-corrected chi connectivity index (χ1v) is 8.50. The minimum absolute atomic E-state index is 0.200. The van der Waals surface area contributed by atoms with Crippen LogP contribution in [-0.2, 0) is 10.8 Å². The third-order valence-electron chi connectivity index (χ3n) is 3.66. The molecule has 2 atom stereocenters. The molecule has 5 heteroatoms. The van der Waals surface area contributed by atoms with Crippen molar-refractivity contribution in [3.8, 4) is 5.75 Å². The molecule has 1 heterocycles. The lowest BCUT2D eigenvalue weighted by molar-refractivity contribution is 0.273. The number of hydrogen-bond acceptors (Lipinski definition) is 3. The van der Waals surface area contributed by atoms with Crippen molar-refractivity contribution in [1.29, 1.82) is 0 Å². The number of nitrogens with two attached hydrogens (primary N) is 1. The molecule has 2 unspecified atom stereocenters. The average molecular weight is 322 g/mol. The maximum Gasteiger partial charge on any atom is 0.122 e. The van der Waals surface area contributed by atoms with E-state index >= 15 is 0 Å². The summed E-state index contributed by atoms with van der Waals surface area (Å²) in [6.45, 7) is 0.650. The van der Waals surface area contributed by atoms with E-state index in [-0.39, 0.29) is 5.92 Å². The molecule has 2 aromatic rings. The zero-order valence-electron chi connectivity index (χ0n) is 11.4. The minimum Gasteiger partial charge on any atom is -0.493 e. The summed E-state index contributed by atoms with van der Waals surface area (Å²) in [5.41, 5.74) is 7.52. The summed E-state index contributed by atoms with van der Waals surface area (Å²) in [4.78, 5) is 0.545. The maximum absolute atomic E-state index is 12.7. The van der Waals surface area contributed by atoms with Crippen molar-refractivity contribution in [3.05, 3.63) is 53.1 Å². The third kappa shape index (κ3) is 2.92. The normalized spacial score (nSPS) is 18.6. The third-order valence-corrected chi connectivity index (χ3v) is 5.70. The average Bonchev–Trinajstić information content (AvgIpc) is 2.47. The van der Waals surface area contributed by atoms with Gasteiger partial charge in [0.15, 0.2) is 0 Å². The number of nitrogen functional groups attached to an aromatic ring is 1. The molecule has 0 radical (unpaired) electrons. The van der Waals surface area contributed by atoms with Crippen LogP contribution in [0, 0.1) is 0 Å². The Morgan fingerprint density at radius 3 is 2.86 bits per heavy atom. The van der Waals surface area contributed by atoms with Gasteiger partial charge in [0.05, 0.1) is 27.3 Å². The Labute approximate surface area is 131 Å². The molecular weight excluding hydrogens is 306 g/mol. The van der Waals surface area contributed by atoms with Gasteiger partial charge in [-0.25, -0.2) is 0 Å². The van der Waals surface area contributed by atoms with Crippen molar-refractivity contribution in [1.82, 2.24) is 0 Å². The van der Waals surface area contributed by atoms with E-state index in [2.05, 4.69) is 0 Å². The molecule has 0 fully saturated rings. The van der Waals surface area contributed by atoms with E-state index in [1.165, 1.54) is 0 Å². The van der Waals surface area contributed by atoms with E-state index in [0.717, 1.165) is 17.7 Å². The SMILES string of the molecule is Nc1cccc(Cl)c1S(=O)CC1CCOc2ccccc21. The number of rotatable bonds is 3. The fourth-order valence-electron chi connectivity index (χ4n) is 2.62. The summed E-state index contributed by atoms with van der Waals surface area (Å²) in [5.74, 6) is 1.60. The van der Waals surface area contributed by atoms with E-state index in [1.807, 2.05) is 24.3 Å². The second-order valence-corrected chi connectivity index (χ2v) is 6.88. The lowest BCUT2D eigenvalue weighted by Crippen LogP contribution is -2.19. The van der Waals surface area contributed by atoms with E-state index in [4.69, 9.17) is 22.1 Å². The molecule has 3 nitrogen and oxygen atoms in total. The Balaban J connectivity index is 1.86. The van der Waals surface area contributed by atoms with Crippen molar-refractivity contribution in [2.75, 3.05) is 18.1 Å². The van der Waals surface area contributed by atoms with E-state index in [1.54, 1.807) is 18.2 Å². The fourth-order valence-corrected chi connectivity index (χ4v) is 4.56. The highest BCUT2D eigenvalue weighted by Crippen LogP contribution is 2.36. The summed E-state index contributed by atoms with van der Waals surface area (Å²) in [7, 11) is -1.22. The van der Waals surface area contributed by atoms with Crippen LogP contribution in [0.4, 0.5) is 5.69 Å². The fraction of sp³-hybridized carbons (Fsp3) is 0.250. The van der Waals surface area contributed by atoms with Gasteiger partial charge in [0.2, 0.25) is 0 Å². The highest BCUT2D eigenvalue weighted by atomic mass is 35.5. The number of benzene rings is 2. The van der Waals surface area contributed by atoms with Crippen LogP contribution in [0.1, 0.15) is 17.9 Å². The van der Waals surface area contributed by atoms with Gasteiger partial charge in [-0.15, -0.1) is 0 Å². The van der Waals surface area contributed by atoms with Crippen molar-refractivity contribution in [3.63, 3.8) is 0 Å². The molecule has 0 amide bonds. The number of hydrogen-bond donors (Lipinski definition) is 1. The van der Waals surface area contributed by atoms with E-state index in [9.17, 15) is 4.21 Å². The molecule has 2 aromatic carbocycles. The molecule has 0 saturated carbocycles. The number of fused-ring (bicyclic) bond motifs is 1. The van der Waals surface area contributed by atoms with Crippen LogP contribution >= 0.6 is 11.6 Å². The molecule has 3 rings (SSSR count). The van der Waals surface area contributed by atoms with Crippen LogP contribution < -0.4 is 10.5 Å². The molecule has 0 saturated heterocycles. The van der Waals surface area contributed by atoms with Gasteiger partial charge in [-0.1, -0.05) is 35.9 Å². The predicted molar refractivity (Wildman–Crippen MR) is 86.4 cm³/mol. The first-order valence-electron chi connectivity index (χ1n) is 6.81. The van der Waals surface area contributed by atoms with Gasteiger partial charge in [0.1, 0.15) is 5.75 Å². The van der Waals surface area contributed by atoms with Crippen LogP contribution in [0.2, 0.25) is 5.02 Å². The molecule has 2 N–H and O–H groups in total. The predicted octanol–water partition coefficient (Wildman–Crippen LogP) is 3.60. The highest BCUT2D eigenvalue weighted by molar-refractivity contribution is 7.85. The van der Waals surface area contributed by atoms with Gasteiger partial charge in [0.25, 0.3) is 0 Å². The summed E-state index contributed by atoms with van der Waals surface area (Å²) >= 11 is 6.14. The van der Waals surface area contributed by atoms with Gasteiger partial charge < -0.3 is 10.5 Å². The van der Waals surface area contributed by atoms with Crippen LogP contribution in [0.5, 0.6) is 5.75 Å². The number of anilines is 1. The lowest BCUT2D eigenvalue weighted by atomic mass is 9.95. The molecular formula is C16H16ClNO2S. The van der Waals surface area contributed by atoms with Crippen LogP contribution in [0.15, 0.2) is 47.4 Å². The molecule has 21 heavy (non-hydrogen) atoms. The number of halogens is 1. The quantitative estimate of drug-likeness (QED) is 0.879. The molecule has 1 aliphatic heterocycles. The van der Waals surface area contributed by atoms with Crippen molar-refractivity contribution < 1.29 is 8.95 Å². The van der Waals surface area contributed by atoms with Gasteiger partial charge in [-0.3, -0.25) is 4.21 Å². The van der Waals surface area contributed by atoms with Crippen LogP contribution in [0.3, 0.4) is 0 Å². The Bertz CT molecular complexity index is 669. The summed E-state index contributed by atoms with van der Waals surface area (Å²) in [5, 5.41) is 0.466. The first kappa shape index (κ1) is 14.4. The number of ether oxygens (including phenoxy) is 1. The van der Waals surface area contributed by atoms with E-state index in [0.29, 0.717) is 28.0 Å². The topological polar surface area (TPSA) is 52.3 Å². The largest absolute Gasteiger partial charge is 0.493 e. The molecule has 0 bridgehead atoms. The summed E-state index contributed by atoms with van der Waals surface area (Å²) in [6, 6.07) is 13.1. The minimum atomic E-state index is -1.22. The van der Waals surface area contributed by atoms with Crippen LogP contribution in [0.25, 0.3) is 0 Å². The lowest BCUT2D eigenvalue weighted by Gasteiger charge is -2.25. The molecule has 1 aliphatic rings. The molecule has 0 aromatic heterocycles. The van der Waals surface area contributed by atoms with Gasteiger partial charge in [-0.05, 0) is 30.2 Å². The van der Waals surface area contributed by atoms with Crippen LogP contribution in [-0.4, -0.2) is 16.6 Å². The van der Waals surface area contributed by atoms with Crippen molar-refractivity contribution >= 4 is 28.1 Å². The van der Waals surface area contributed by atoms with Gasteiger partial charge in [-0.2, -0.15) is 0 Å². The summed E-state index contributed by atoms with van der Waals surface area (Å²) < 4.78 is 18.3. The van der Waals surface area contributed by atoms with Crippen molar-refractivity contribution in [2.24, 2.45) is 0 Å². The van der Waals surface area contributed by atoms with Crippen molar-refractivity contribution in [2.45, 2.75) is 17.2 Å².